The third kappa shape index (κ3) is 8.85. The Morgan fingerprint density at radius 1 is 0.857 bits per heavy atom. The van der Waals surface area contributed by atoms with Gasteiger partial charge in [-0.05, 0) is 37.5 Å². The molecule has 21 heavy (non-hydrogen) atoms. The highest BCUT2D eigenvalue weighted by Crippen LogP contribution is 2.20. The van der Waals surface area contributed by atoms with Crippen molar-refractivity contribution in [3.8, 4) is 24.7 Å². The summed E-state index contributed by atoms with van der Waals surface area (Å²) in [6, 6.07) is 0. The van der Waals surface area contributed by atoms with Crippen LogP contribution in [0.4, 0.5) is 0 Å². The summed E-state index contributed by atoms with van der Waals surface area (Å²) in [6.07, 6.45) is 21.6. The molecule has 1 nitrogen and oxygen atoms in total. The van der Waals surface area contributed by atoms with Crippen molar-refractivity contribution >= 4 is 0 Å². The van der Waals surface area contributed by atoms with Crippen LogP contribution in [0.25, 0.3) is 0 Å². The topological polar surface area (TPSA) is 0 Å². The second-order valence-corrected chi connectivity index (χ2v) is 6.45. The third-order valence-corrected chi connectivity index (χ3v) is 4.53. The van der Waals surface area contributed by atoms with Crippen LogP contribution < -0.4 is 0 Å². The smallest absolute Gasteiger partial charge is 0.141 e. The number of hydrogen-bond donors (Lipinski definition) is 0. The Morgan fingerprint density at radius 2 is 1.48 bits per heavy atom. The van der Waals surface area contributed by atoms with E-state index in [-0.39, 0.29) is 0 Å². The minimum atomic E-state index is 0.762. The van der Waals surface area contributed by atoms with Crippen LogP contribution in [0.5, 0.6) is 0 Å². The third-order valence-electron chi connectivity index (χ3n) is 4.53. The zero-order valence-corrected chi connectivity index (χ0v) is 14.7. The van der Waals surface area contributed by atoms with Gasteiger partial charge in [0.1, 0.15) is 13.1 Å². The van der Waals surface area contributed by atoms with Gasteiger partial charge in [-0.25, -0.2) is 0 Å². The number of unbranched alkanes of at least 4 members (excludes halogenated alkanes) is 4. The summed E-state index contributed by atoms with van der Waals surface area (Å²) >= 11 is 0. The van der Waals surface area contributed by atoms with Gasteiger partial charge >= 0.3 is 0 Å². The fraction of sp³-hybridized carbons (Fsp3) is 0.800. The molecule has 0 fully saturated rings. The predicted octanol–water partition coefficient (Wildman–Crippen LogP) is 4.87. The Labute approximate surface area is 134 Å². The number of rotatable bonds is 13. The molecule has 0 aliphatic heterocycles. The van der Waals surface area contributed by atoms with E-state index < -0.39 is 0 Å². The molecule has 0 rings (SSSR count). The van der Waals surface area contributed by atoms with Crippen molar-refractivity contribution in [2.75, 3.05) is 26.2 Å². The van der Waals surface area contributed by atoms with Crippen LogP contribution in [0.15, 0.2) is 0 Å². The summed E-state index contributed by atoms with van der Waals surface area (Å²) in [5.74, 6) is 6.55. The van der Waals surface area contributed by atoms with Gasteiger partial charge in [0.2, 0.25) is 0 Å². The summed E-state index contributed by atoms with van der Waals surface area (Å²) in [4.78, 5) is 0. The lowest BCUT2D eigenvalue weighted by Gasteiger charge is -2.38. The van der Waals surface area contributed by atoms with Gasteiger partial charge in [-0.15, -0.1) is 12.8 Å². The molecule has 0 aromatic carbocycles. The Hall–Kier alpha value is -0.920. The highest BCUT2D eigenvalue weighted by molar-refractivity contribution is 4.89. The molecule has 0 aromatic rings. The molecule has 0 radical (unpaired) electrons. The molecule has 0 heterocycles. The minimum absolute atomic E-state index is 0.762. The van der Waals surface area contributed by atoms with E-state index in [1.54, 1.807) is 0 Å². The molecule has 0 spiro atoms. The van der Waals surface area contributed by atoms with Crippen LogP contribution in [-0.2, 0) is 0 Å². The van der Waals surface area contributed by atoms with Gasteiger partial charge in [0.15, 0.2) is 0 Å². The standard InChI is InChI=1S/C20H36N/c1-6-11-13-14-18-21(16-8-3,17-9-4)19-20(10-5)15-12-7-2/h3-4,20H,6-7,10-19H2,1-2,5H3/q+1. The van der Waals surface area contributed by atoms with E-state index in [9.17, 15) is 0 Å². The minimum Gasteiger partial charge on any atom is -0.303 e. The fourth-order valence-electron chi connectivity index (χ4n) is 3.16. The van der Waals surface area contributed by atoms with Crippen LogP contribution in [0.2, 0.25) is 0 Å². The van der Waals surface area contributed by atoms with E-state index in [4.69, 9.17) is 12.8 Å². The summed E-state index contributed by atoms with van der Waals surface area (Å²) in [6.45, 7) is 10.7. The lowest BCUT2D eigenvalue weighted by atomic mass is 9.97. The van der Waals surface area contributed by atoms with E-state index in [1.807, 2.05) is 0 Å². The molecule has 0 saturated carbocycles. The Morgan fingerprint density at radius 3 is 1.95 bits per heavy atom. The van der Waals surface area contributed by atoms with Crippen molar-refractivity contribution in [2.45, 2.75) is 72.1 Å². The Kier molecular flexibility index (Phi) is 12.2. The Balaban J connectivity index is 4.73. The molecular weight excluding hydrogens is 254 g/mol. The van der Waals surface area contributed by atoms with Crippen molar-refractivity contribution in [2.24, 2.45) is 5.92 Å². The van der Waals surface area contributed by atoms with E-state index >= 15 is 0 Å². The summed E-state index contributed by atoms with van der Waals surface area (Å²) < 4.78 is 0.943. The molecule has 0 aliphatic carbocycles. The van der Waals surface area contributed by atoms with Crippen LogP contribution >= 0.6 is 0 Å². The molecule has 0 aliphatic rings. The first kappa shape index (κ1) is 20.1. The van der Waals surface area contributed by atoms with Crippen LogP contribution in [0.3, 0.4) is 0 Å². The number of quaternary nitrogens is 1. The van der Waals surface area contributed by atoms with Crippen molar-refractivity contribution in [3.05, 3.63) is 0 Å². The highest BCUT2D eigenvalue weighted by Gasteiger charge is 2.28. The van der Waals surface area contributed by atoms with Crippen molar-refractivity contribution in [1.29, 1.82) is 0 Å². The average Bonchev–Trinajstić information content (AvgIpc) is 2.48. The van der Waals surface area contributed by atoms with E-state index in [1.165, 1.54) is 51.4 Å². The second-order valence-electron chi connectivity index (χ2n) is 6.45. The second kappa shape index (κ2) is 12.8. The zero-order chi connectivity index (χ0) is 16.0. The molecule has 0 N–H and O–H groups in total. The summed E-state index contributed by atoms with van der Waals surface area (Å²) in [5, 5.41) is 0. The molecule has 1 heteroatoms. The number of terminal acetylenes is 2. The Bertz CT molecular complexity index is 302. The number of hydrogen-bond acceptors (Lipinski definition) is 0. The van der Waals surface area contributed by atoms with Gasteiger partial charge in [-0.3, -0.25) is 0 Å². The lowest BCUT2D eigenvalue weighted by Crippen LogP contribution is -2.52. The maximum Gasteiger partial charge on any atom is 0.141 e. The molecule has 1 atom stereocenters. The number of nitrogens with zero attached hydrogens (tertiary/aromatic N) is 1. The lowest BCUT2D eigenvalue weighted by molar-refractivity contribution is -0.918. The molecule has 0 aromatic heterocycles. The molecule has 0 amide bonds. The maximum atomic E-state index is 5.66. The molecular formula is C20H36N+. The summed E-state index contributed by atoms with van der Waals surface area (Å²) in [5.41, 5.74) is 0. The van der Waals surface area contributed by atoms with Crippen LogP contribution in [0.1, 0.15) is 72.1 Å². The average molecular weight is 291 g/mol. The molecule has 0 bridgehead atoms. The largest absolute Gasteiger partial charge is 0.303 e. The normalized spacial score (nSPS) is 12.6. The molecule has 1 unspecified atom stereocenters. The van der Waals surface area contributed by atoms with Crippen molar-refractivity contribution < 1.29 is 4.48 Å². The van der Waals surface area contributed by atoms with Crippen LogP contribution in [0, 0.1) is 30.6 Å². The van der Waals surface area contributed by atoms with Gasteiger partial charge in [0.25, 0.3) is 0 Å². The van der Waals surface area contributed by atoms with Gasteiger partial charge in [0, 0.05) is 5.92 Å². The SMILES string of the molecule is C#CC[N+](CC#C)(CCCCCC)CC(CC)CCCC. The van der Waals surface area contributed by atoms with Crippen molar-refractivity contribution in [1.82, 2.24) is 0 Å². The van der Waals surface area contributed by atoms with E-state index in [0.29, 0.717) is 0 Å². The first-order valence-electron chi connectivity index (χ1n) is 8.90. The first-order valence-corrected chi connectivity index (χ1v) is 8.90. The molecule has 0 saturated heterocycles. The highest BCUT2D eigenvalue weighted by atomic mass is 15.3. The fourth-order valence-corrected chi connectivity index (χ4v) is 3.16. The van der Waals surface area contributed by atoms with E-state index in [0.717, 1.165) is 36.6 Å². The van der Waals surface area contributed by atoms with Gasteiger partial charge in [0.05, 0.1) is 13.1 Å². The first-order chi connectivity index (χ1) is 10.2. The molecule has 120 valence electrons. The van der Waals surface area contributed by atoms with Gasteiger partial charge in [-0.2, -0.15) is 0 Å². The van der Waals surface area contributed by atoms with Gasteiger partial charge < -0.3 is 4.48 Å². The summed E-state index contributed by atoms with van der Waals surface area (Å²) in [7, 11) is 0. The van der Waals surface area contributed by atoms with Crippen LogP contribution in [-0.4, -0.2) is 30.7 Å². The van der Waals surface area contributed by atoms with Crippen molar-refractivity contribution in [3.63, 3.8) is 0 Å². The predicted molar refractivity (Wildman–Crippen MR) is 94.8 cm³/mol. The van der Waals surface area contributed by atoms with Gasteiger partial charge in [-0.1, -0.05) is 46.5 Å². The quantitative estimate of drug-likeness (QED) is 0.258. The zero-order valence-electron chi connectivity index (χ0n) is 14.7. The maximum absolute atomic E-state index is 5.66. The van der Waals surface area contributed by atoms with E-state index in [2.05, 4.69) is 32.6 Å². The monoisotopic (exact) mass is 290 g/mol.